The molecule has 1 atom stereocenters. The van der Waals surface area contributed by atoms with Gasteiger partial charge in [0.25, 0.3) is 5.56 Å². The van der Waals surface area contributed by atoms with Crippen LogP contribution in [0.25, 0.3) is 0 Å². The molecule has 1 aliphatic carbocycles. The number of alkyl halides is 6. The molecule has 2 aliphatic rings. The molecule has 0 spiro atoms. The molecule has 190 valence electrons. The molecule has 1 saturated heterocycles. The van der Waals surface area contributed by atoms with Gasteiger partial charge in [-0.05, 0) is 37.8 Å². The second-order valence-electron chi connectivity index (χ2n) is 9.01. The summed E-state index contributed by atoms with van der Waals surface area (Å²) >= 11 is 0. The van der Waals surface area contributed by atoms with Crippen LogP contribution >= 0.6 is 0 Å². The first-order valence-corrected chi connectivity index (χ1v) is 11.1. The van der Waals surface area contributed by atoms with Crippen LogP contribution in [0.3, 0.4) is 0 Å². The standard InChI is InChI=1S/C22H23F6N5O2/c1-13-11-32(5-6-33(13)20-29-9-16(10-30-20)21(23,24)25)18(34)15-7-14(8-15)12-31-4-2-3-17(19(31)35)22(26,27)28/h2-4,9-10,13-15H,5-8,11-12H2,1H3/t13-,14?,15?/m1/s1. The van der Waals surface area contributed by atoms with Crippen molar-refractivity contribution in [3.8, 4) is 0 Å². The summed E-state index contributed by atoms with van der Waals surface area (Å²) in [7, 11) is 0. The number of pyridine rings is 1. The Bertz CT molecular complexity index is 1120. The predicted octanol–water partition coefficient (Wildman–Crippen LogP) is 3.44. The molecule has 2 aromatic rings. The van der Waals surface area contributed by atoms with Gasteiger partial charge in [0.15, 0.2) is 0 Å². The van der Waals surface area contributed by atoms with Crippen molar-refractivity contribution in [3.63, 3.8) is 0 Å². The Balaban J connectivity index is 1.30. The molecule has 4 rings (SSSR count). The summed E-state index contributed by atoms with van der Waals surface area (Å²) in [6.07, 6.45) is -5.52. The third-order valence-corrected chi connectivity index (χ3v) is 6.53. The van der Waals surface area contributed by atoms with Crippen molar-refractivity contribution in [2.45, 2.75) is 44.7 Å². The summed E-state index contributed by atoms with van der Waals surface area (Å²) in [6, 6.07) is 1.72. The highest BCUT2D eigenvalue weighted by Gasteiger charge is 2.40. The van der Waals surface area contributed by atoms with Crippen LogP contribution in [0.5, 0.6) is 0 Å². The molecule has 0 unspecified atom stereocenters. The second kappa shape index (κ2) is 9.15. The third-order valence-electron chi connectivity index (χ3n) is 6.53. The zero-order valence-corrected chi connectivity index (χ0v) is 18.7. The number of nitrogens with zero attached hydrogens (tertiary/aromatic N) is 5. The van der Waals surface area contributed by atoms with Gasteiger partial charge in [-0.3, -0.25) is 9.59 Å². The van der Waals surface area contributed by atoms with E-state index in [4.69, 9.17) is 0 Å². The van der Waals surface area contributed by atoms with Crippen molar-refractivity contribution in [3.05, 3.63) is 52.2 Å². The SMILES string of the molecule is C[C@@H]1CN(C(=O)C2CC(Cn3cccc(C(F)(F)F)c3=O)C2)CCN1c1ncc(C(F)(F)F)cn1. The lowest BCUT2D eigenvalue weighted by Crippen LogP contribution is -2.56. The molecule has 0 N–H and O–H groups in total. The smallest absolute Gasteiger partial charge is 0.339 e. The van der Waals surface area contributed by atoms with Crippen LogP contribution in [-0.2, 0) is 23.7 Å². The maximum absolute atomic E-state index is 12.9. The minimum Gasteiger partial charge on any atom is -0.339 e. The number of hydrogen-bond acceptors (Lipinski definition) is 5. The van der Waals surface area contributed by atoms with Gasteiger partial charge in [-0.25, -0.2) is 9.97 Å². The van der Waals surface area contributed by atoms with Gasteiger partial charge in [0, 0.05) is 56.7 Å². The molecule has 7 nitrogen and oxygen atoms in total. The average Bonchev–Trinajstić information content (AvgIpc) is 2.75. The van der Waals surface area contributed by atoms with Crippen LogP contribution in [0.15, 0.2) is 35.5 Å². The van der Waals surface area contributed by atoms with Crippen molar-refractivity contribution in [1.82, 2.24) is 19.4 Å². The summed E-state index contributed by atoms with van der Waals surface area (Å²) in [5.41, 5.74) is -3.24. The summed E-state index contributed by atoms with van der Waals surface area (Å²) in [5, 5.41) is 0. The number of amides is 1. The highest BCUT2D eigenvalue weighted by Crippen LogP contribution is 2.37. The van der Waals surface area contributed by atoms with E-state index >= 15 is 0 Å². The highest BCUT2D eigenvalue weighted by molar-refractivity contribution is 5.80. The summed E-state index contributed by atoms with van der Waals surface area (Å²) < 4.78 is 78.1. The molecule has 0 aromatic carbocycles. The lowest BCUT2D eigenvalue weighted by Gasteiger charge is -2.43. The zero-order chi connectivity index (χ0) is 25.5. The molecule has 3 heterocycles. The molecule has 1 aliphatic heterocycles. The molecule has 2 aromatic heterocycles. The lowest BCUT2D eigenvalue weighted by molar-refractivity contribution is -0.141. The molecule has 35 heavy (non-hydrogen) atoms. The number of rotatable bonds is 4. The van der Waals surface area contributed by atoms with Crippen LogP contribution in [0.2, 0.25) is 0 Å². The van der Waals surface area contributed by atoms with Gasteiger partial charge in [0.05, 0.1) is 5.56 Å². The Morgan fingerprint density at radius 1 is 1.06 bits per heavy atom. The second-order valence-corrected chi connectivity index (χ2v) is 9.01. The normalized spacial score (nSPS) is 23.2. The Labute approximate surface area is 196 Å². The van der Waals surface area contributed by atoms with Crippen molar-refractivity contribution < 1.29 is 31.1 Å². The summed E-state index contributed by atoms with van der Waals surface area (Å²) in [5.74, 6) is -0.266. The maximum Gasteiger partial charge on any atom is 0.421 e. The van der Waals surface area contributed by atoms with E-state index in [0.29, 0.717) is 32.5 Å². The highest BCUT2D eigenvalue weighted by atomic mass is 19.4. The van der Waals surface area contributed by atoms with E-state index in [0.717, 1.165) is 23.0 Å². The minimum atomic E-state index is -4.72. The van der Waals surface area contributed by atoms with Crippen LogP contribution < -0.4 is 10.5 Å². The van der Waals surface area contributed by atoms with Crippen LogP contribution in [0.1, 0.15) is 30.9 Å². The third kappa shape index (κ3) is 5.27. The molecule has 2 fully saturated rings. The topological polar surface area (TPSA) is 71.3 Å². The predicted molar refractivity (Wildman–Crippen MR) is 112 cm³/mol. The fourth-order valence-corrected chi connectivity index (χ4v) is 4.59. The molecule has 0 bridgehead atoms. The Hall–Kier alpha value is -3.12. The number of hydrogen-bond donors (Lipinski definition) is 0. The van der Waals surface area contributed by atoms with E-state index in [1.165, 1.54) is 12.3 Å². The minimum absolute atomic E-state index is 0.0718. The fourth-order valence-electron chi connectivity index (χ4n) is 4.59. The van der Waals surface area contributed by atoms with Gasteiger partial charge in [-0.2, -0.15) is 26.3 Å². The number of carbonyl (C=O) groups is 1. The van der Waals surface area contributed by atoms with Crippen LogP contribution in [0, 0.1) is 11.8 Å². The van der Waals surface area contributed by atoms with E-state index < -0.39 is 29.0 Å². The van der Waals surface area contributed by atoms with E-state index in [9.17, 15) is 35.9 Å². The lowest BCUT2D eigenvalue weighted by atomic mass is 9.74. The number of piperazine rings is 1. The van der Waals surface area contributed by atoms with Crippen LogP contribution in [-0.4, -0.2) is 51.0 Å². The van der Waals surface area contributed by atoms with Crippen molar-refractivity contribution in [1.29, 1.82) is 0 Å². The van der Waals surface area contributed by atoms with E-state index in [1.54, 1.807) is 9.80 Å². The van der Waals surface area contributed by atoms with Gasteiger partial charge in [-0.15, -0.1) is 0 Å². The number of halogens is 6. The quantitative estimate of drug-likeness (QED) is 0.598. The van der Waals surface area contributed by atoms with Crippen molar-refractivity contribution >= 4 is 11.9 Å². The zero-order valence-electron chi connectivity index (χ0n) is 18.7. The van der Waals surface area contributed by atoms with E-state index in [1.807, 2.05) is 6.92 Å². The molecule has 13 heteroatoms. The van der Waals surface area contributed by atoms with Crippen molar-refractivity contribution in [2.24, 2.45) is 11.8 Å². The molecule has 0 radical (unpaired) electrons. The first-order valence-electron chi connectivity index (χ1n) is 11.1. The van der Waals surface area contributed by atoms with Gasteiger partial charge in [0.2, 0.25) is 11.9 Å². The Kier molecular flexibility index (Phi) is 6.54. The van der Waals surface area contributed by atoms with E-state index in [-0.39, 0.29) is 36.3 Å². The van der Waals surface area contributed by atoms with Crippen LogP contribution in [0.4, 0.5) is 32.3 Å². The number of aromatic nitrogens is 3. The maximum atomic E-state index is 12.9. The summed E-state index contributed by atoms with van der Waals surface area (Å²) in [4.78, 5) is 36.1. The first kappa shape index (κ1) is 25.0. The average molecular weight is 503 g/mol. The largest absolute Gasteiger partial charge is 0.421 e. The molecule has 1 saturated carbocycles. The van der Waals surface area contributed by atoms with Gasteiger partial charge in [0.1, 0.15) is 5.56 Å². The Morgan fingerprint density at radius 2 is 1.71 bits per heavy atom. The summed E-state index contributed by atoms with van der Waals surface area (Å²) in [6.45, 7) is 2.99. The van der Waals surface area contributed by atoms with E-state index in [2.05, 4.69) is 9.97 Å². The van der Waals surface area contributed by atoms with Gasteiger partial charge < -0.3 is 14.4 Å². The molecular weight excluding hydrogens is 480 g/mol. The number of anilines is 1. The van der Waals surface area contributed by atoms with Crippen molar-refractivity contribution in [2.75, 3.05) is 24.5 Å². The Morgan fingerprint density at radius 3 is 2.29 bits per heavy atom. The first-order chi connectivity index (χ1) is 16.3. The fraction of sp³-hybridized carbons (Fsp3) is 0.545. The monoisotopic (exact) mass is 503 g/mol. The van der Waals surface area contributed by atoms with Gasteiger partial charge in [-0.1, -0.05) is 0 Å². The molecule has 1 amide bonds. The van der Waals surface area contributed by atoms with Gasteiger partial charge >= 0.3 is 12.4 Å². The molecular formula is C22H23F6N5O2. The number of carbonyl (C=O) groups excluding carboxylic acids is 1.